The van der Waals surface area contributed by atoms with E-state index < -0.39 is 17.5 Å². The van der Waals surface area contributed by atoms with Crippen molar-refractivity contribution in [3.8, 4) is 5.69 Å². The highest BCUT2D eigenvalue weighted by Gasteiger charge is 2.23. The third kappa shape index (κ3) is 4.89. The van der Waals surface area contributed by atoms with Crippen molar-refractivity contribution in [1.29, 1.82) is 0 Å². The Labute approximate surface area is 220 Å². The predicted molar refractivity (Wildman–Crippen MR) is 140 cm³/mol. The summed E-state index contributed by atoms with van der Waals surface area (Å²) in [4.78, 5) is 33.0. The molecule has 180 valence electrons. The van der Waals surface area contributed by atoms with Gasteiger partial charge < -0.3 is 5.32 Å². The van der Waals surface area contributed by atoms with Gasteiger partial charge in [-0.1, -0.05) is 23.4 Å². The number of carbonyl (C=O) groups is 1. The van der Waals surface area contributed by atoms with E-state index in [0.29, 0.717) is 32.1 Å². The van der Waals surface area contributed by atoms with E-state index in [0.717, 1.165) is 49.1 Å². The van der Waals surface area contributed by atoms with Gasteiger partial charge in [0.05, 0.1) is 22.5 Å². The van der Waals surface area contributed by atoms with E-state index in [4.69, 9.17) is 16.6 Å². The van der Waals surface area contributed by atoms with Gasteiger partial charge in [-0.3, -0.25) is 14.2 Å². The highest BCUT2D eigenvalue weighted by Crippen LogP contribution is 2.35. The second kappa shape index (κ2) is 10.0. The molecule has 0 atom stereocenters. The Hall–Kier alpha value is -2.27. The summed E-state index contributed by atoms with van der Waals surface area (Å²) in [5.41, 5.74) is 1.32. The van der Waals surface area contributed by atoms with E-state index in [1.165, 1.54) is 20.8 Å². The van der Waals surface area contributed by atoms with Gasteiger partial charge in [-0.2, -0.15) is 0 Å². The summed E-state index contributed by atoms with van der Waals surface area (Å²) in [6, 6.07) is 8.59. The number of fused-ring (bicyclic) bond motifs is 3. The van der Waals surface area contributed by atoms with Gasteiger partial charge in [-0.05, 0) is 77.5 Å². The first-order valence-electron chi connectivity index (χ1n) is 10.7. The summed E-state index contributed by atoms with van der Waals surface area (Å²) in [6.45, 7) is 0. The van der Waals surface area contributed by atoms with Crippen LogP contribution in [0.1, 0.15) is 23.3 Å². The Bertz CT molecular complexity index is 1500. The Morgan fingerprint density at radius 3 is 2.69 bits per heavy atom. The summed E-state index contributed by atoms with van der Waals surface area (Å²) in [6.07, 6.45) is 3.90. The lowest BCUT2D eigenvalue weighted by atomic mass is 9.97. The number of thioether (sulfide) groups is 1. The third-order valence-electron chi connectivity index (χ3n) is 5.65. The zero-order valence-corrected chi connectivity index (χ0v) is 22.0. The molecule has 35 heavy (non-hydrogen) atoms. The minimum absolute atomic E-state index is 0.0927. The smallest absolute Gasteiger partial charge is 0.267 e. The molecule has 11 heteroatoms. The topological polar surface area (TPSA) is 64.0 Å². The van der Waals surface area contributed by atoms with E-state index >= 15 is 0 Å². The summed E-state index contributed by atoms with van der Waals surface area (Å²) in [7, 11) is 0. The Morgan fingerprint density at radius 1 is 1.20 bits per heavy atom. The number of aromatic nitrogens is 2. The molecule has 2 heterocycles. The highest BCUT2D eigenvalue weighted by atomic mass is 79.9. The number of halogens is 4. The highest BCUT2D eigenvalue weighted by molar-refractivity contribution is 9.10. The maximum Gasteiger partial charge on any atom is 0.267 e. The van der Waals surface area contributed by atoms with Crippen LogP contribution >= 0.6 is 50.6 Å². The molecule has 1 aliphatic rings. The molecular formula is C24H17BrClF2N3O2S2. The molecule has 0 saturated carbocycles. The molecule has 0 fully saturated rings. The summed E-state index contributed by atoms with van der Waals surface area (Å²) in [5, 5.41) is 3.96. The monoisotopic (exact) mass is 595 g/mol. The number of aryl methyl sites for hydroxylation is 2. The second-order valence-corrected chi connectivity index (χ2v) is 11.3. The number of carbonyl (C=O) groups excluding carboxylic acids is 1. The molecule has 0 aliphatic heterocycles. The van der Waals surface area contributed by atoms with Crippen molar-refractivity contribution in [3.63, 3.8) is 0 Å². The normalized spacial score (nSPS) is 13.1. The van der Waals surface area contributed by atoms with Gasteiger partial charge in [-0.25, -0.2) is 13.8 Å². The number of nitrogens with one attached hydrogen (secondary N) is 1. The van der Waals surface area contributed by atoms with Gasteiger partial charge in [0, 0.05) is 20.4 Å². The maximum absolute atomic E-state index is 14.1. The van der Waals surface area contributed by atoms with E-state index in [9.17, 15) is 18.4 Å². The van der Waals surface area contributed by atoms with Crippen molar-refractivity contribution in [1.82, 2.24) is 9.55 Å². The van der Waals surface area contributed by atoms with Gasteiger partial charge in [-0.15, -0.1) is 11.3 Å². The SMILES string of the molecule is O=C(CSc1nc2sc3c(c2c(=O)n1-c1ccc(Cl)cc1)CCCC3)Nc1c(F)cc(F)cc1Br. The van der Waals surface area contributed by atoms with Crippen molar-refractivity contribution in [2.75, 3.05) is 11.1 Å². The zero-order valence-electron chi connectivity index (χ0n) is 18.0. The minimum Gasteiger partial charge on any atom is -0.322 e. The van der Waals surface area contributed by atoms with Crippen molar-refractivity contribution in [2.24, 2.45) is 0 Å². The maximum atomic E-state index is 14.1. The molecule has 1 aliphatic carbocycles. The molecule has 2 aromatic carbocycles. The average molecular weight is 597 g/mol. The van der Waals surface area contributed by atoms with Crippen LogP contribution in [0.25, 0.3) is 15.9 Å². The lowest BCUT2D eigenvalue weighted by Crippen LogP contribution is -2.23. The quantitative estimate of drug-likeness (QED) is 0.205. The zero-order chi connectivity index (χ0) is 24.7. The van der Waals surface area contributed by atoms with Crippen LogP contribution in [-0.4, -0.2) is 21.2 Å². The second-order valence-electron chi connectivity index (χ2n) is 7.98. The van der Waals surface area contributed by atoms with Crippen molar-refractivity contribution in [2.45, 2.75) is 30.8 Å². The average Bonchev–Trinajstić information content (AvgIpc) is 3.19. The minimum atomic E-state index is -0.892. The number of nitrogens with zero attached hydrogens (tertiary/aromatic N) is 2. The summed E-state index contributed by atoms with van der Waals surface area (Å²) >= 11 is 11.7. The van der Waals surface area contributed by atoms with Crippen molar-refractivity contribution in [3.05, 3.63) is 78.3 Å². The van der Waals surface area contributed by atoms with Crippen LogP contribution in [-0.2, 0) is 17.6 Å². The third-order valence-corrected chi connectivity index (χ3v) is 8.65. The van der Waals surface area contributed by atoms with Crippen LogP contribution in [0.15, 0.2) is 50.8 Å². The molecule has 2 aromatic heterocycles. The van der Waals surface area contributed by atoms with Crippen LogP contribution in [0, 0.1) is 11.6 Å². The number of anilines is 1. The number of rotatable bonds is 5. The number of amides is 1. The standard InChI is InChI=1S/C24H17BrClF2N3O2S2/c25-16-9-13(27)10-17(28)21(16)29-19(32)11-34-24-30-22-20(15-3-1-2-4-18(15)35-22)23(33)31(24)14-7-5-12(26)6-8-14/h5-10H,1-4,11H2,(H,29,32). The first-order valence-corrected chi connectivity index (χ1v) is 13.7. The van der Waals surface area contributed by atoms with Gasteiger partial charge >= 0.3 is 0 Å². The van der Waals surface area contributed by atoms with Crippen LogP contribution in [0.4, 0.5) is 14.5 Å². The molecular weight excluding hydrogens is 580 g/mol. The molecule has 1 N–H and O–H groups in total. The molecule has 4 aromatic rings. The fraction of sp³-hybridized carbons (Fsp3) is 0.208. The molecule has 0 bridgehead atoms. The molecule has 0 spiro atoms. The largest absolute Gasteiger partial charge is 0.322 e. The number of hydrogen-bond acceptors (Lipinski definition) is 5. The molecule has 0 saturated heterocycles. The molecule has 5 nitrogen and oxygen atoms in total. The Balaban J connectivity index is 1.51. The predicted octanol–water partition coefficient (Wildman–Crippen LogP) is 6.75. The first kappa shape index (κ1) is 24.4. The van der Waals surface area contributed by atoms with Crippen LogP contribution < -0.4 is 10.9 Å². The van der Waals surface area contributed by atoms with Gasteiger partial charge in [0.2, 0.25) is 5.91 Å². The molecule has 5 rings (SSSR count). The van der Waals surface area contributed by atoms with Crippen LogP contribution in [0.5, 0.6) is 0 Å². The van der Waals surface area contributed by atoms with E-state index in [-0.39, 0.29) is 21.5 Å². The molecule has 1 amide bonds. The summed E-state index contributed by atoms with van der Waals surface area (Å²) < 4.78 is 29.1. The van der Waals surface area contributed by atoms with Gasteiger partial charge in [0.15, 0.2) is 11.0 Å². The molecule has 0 radical (unpaired) electrons. The van der Waals surface area contributed by atoms with E-state index in [1.807, 2.05) is 0 Å². The number of hydrogen-bond donors (Lipinski definition) is 1. The number of benzene rings is 2. The van der Waals surface area contributed by atoms with Crippen LogP contribution in [0.2, 0.25) is 5.02 Å². The lowest BCUT2D eigenvalue weighted by Gasteiger charge is -2.14. The van der Waals surface area contributed by atoms with Gasteiger partial charge in [0.1, 0.15) is 10.6 Å². The van der Waals surface area contributed by atoms with Crippen molar-refractivity contribution < 1.29 is 13.6 Å². The Morgan fingerprint density at radius 2 is 1.94 bits per heavy atom. The summed E-state index contributed by atoms with van der Waals surface area (Å²) in [5.74, 6) is -2.31. The number of thiophene rings is 1. The Kier molecular flexibility index (Phi) is 6.98. The molecule has 0 unspecified atom stereocenters. The van der Waals surface area contributed by atoms with Crippen molar-refractivity contribution >= 4 is 72.4 Å². The first-order chi connectivity index (χ1) is 16.8. The fourth-order valence-corrected chi connectivity index (χ4v) is 6.82. The van der Waals surface area contributed by atoms with E-state index in [1.54, 1.807) is 24.3 Å². The van der Waals surface area contributed by atoms with Gasteiger partial charge in [0.25, 0.3) is 5.56 Å². The van der Waals surface area contributed by atoms with E-state index in [2.05, 4.69) is 21.2 Å². The van der Waals surface area contributed by atoms with Crippen LogP contribution in [0.3, 0.4) is 0 Å². The lowest BCUT2D eigenvalue weighted by molar-refractivity contribution is -0.113. The fourth-order valence-electron chi connectivity index (χ4n) is 4.07.